The van der Waals surface area contributed by atoms with Crippen LogP contribution in [0.2, 0.25) is 0 Å². The van der Waals surface area contributed by atoms with Crippen LogP contribution in [0.25, 0.3) is 0 Å². The zero-order valence-electron chi connectivity index (χ0n) is 12.1. The van der Waals surface area contributed by atoms with Crippen molar-refractivity contribution in [3.05, 3.63) is 35.4 Å². The van der Waals surface area contributed by atoms with Gasteiger partial charge in [0.2, 0.25) is 0 Å². The van der Waals surface area contributed by atoms with E-state index in [2.05, 4.69) is 43.4 Å². The molecule has 1 aromatic carbocycles. The molecule has 0 radical (unpaired) electrons. The van der Waals surface area contributed by atoms with Gasteiger partial charge in [-0.1, -0.05) is 31.2 Å². The van der Waals surface area contributed by atoms with Crippen LogP contribution < -0.4 is 5.32 Å². The summed E-state index contributed by atoms with van der Waals surface area (Å²) in [6.07, 6.45) is 4.19. The maximum atomic E-state index is 5.65. The predicted molar refractivity (Wildman–Crippen MR) is 78.4 cm³/mol. The van der Waals surface area contributed by atoms with Crippen molar-refractivity contribution < 1.29 is 4.74 Å². The van der Waals surface area contributed by atoms with Gasteiger partial charge in [0.1, 0.15) is 0 Å². The van der Waals surface area contributed by atoms with E-state index in [-0.39, 0.29) is 0 Å². The third kappa shape index (κ3) is 2.70. The first kappa shape index (κ1) is 13.1. The van der Waals surface area contributed by atoms with Crippen LogP contribution in [0.1, 0.15) is 56.2 Å². The van der Waals surface area contributed by atoms with Crippen LogP contribution in [0.4, 0.5) is 0 Å². The SMILES string of the molecule is CC1CCC(NCC2CCOC2C)c2ccccc21. The molecule has 2 nitrogen and oxygen atoms in total. The lowest BCUT2D eigenvalue weighted by Crippen LogP contribution is -2.32. The highest BCUT2D eigenvalue weighted by Crippen LogP contribution is 2.37. The van der Waals surface area contributed by atoms with E-state index in [1.807, 2.05) is 0 Å². The molecule has 1 N–H and O–H groups in total. The van der Waals surface area contributed by atoms with Gasteiger partial charge in [-0.3, -0.25) is 0 Å². The number of rotatable bonds is 3. The molecule has 0 bridgehead atoms. The van der Waals surface area contributed by atoms with Crippen LogP contribution in [-0.4, -0.2) is 19.3 Å². The summed E-state index contributed by atoms with van der Waals surface area (Å²) in [6.45, 7) is 6.58. The molecule has 1 aromatic rings. The zero-order chi connectivity index (χ0) is 13.2. The lowest BCUT2D eigenvalue weighted by molar-refractivity contribution is 0.104. The second-order valence-electron chi connectivity index (χ2n) is 6.19. The van der Waals surface area contributed by atoms with Crippen LogP contribution >= 0.6 is 0 Å². The van der Waals surface area contributed by atoms with Crippen molar-refractivity contribution in [2.75, 3.05) is 13.2 Å². The zero-order valence-corrected chi connectivity index (χ0v) is 12.1. The summed E-state index contributed by atoms with van der Waals surface area (Å²) in [5.74, 6) is 1.40. The molecular weight excluding hydrogens is 234 g/mol. The van der Waals surface area contributed by atoms with Gasteiger partial charge in [-0.15, -0.1) is 0 Å². The maximum absolute atomic E-state index is 5.65. The van der Waals surface area contributed by atoms with Crippen molar-refractivity contribution in [2.24, 2.45) is 5.92 Å². The van der Waals surface area contributed by atoms with Gasteiger partial charge in [-0.25, -0.2) is 0 Å². The van der Waals surface area contributed by atoms with Gasteiger partial charge in [0.25, 0.3) is 0 Å². The minimum absolute atomic E-state index is 0.422. The van der Waals surface area contributed by atoms with Crippen molar-refractivity contribution >= 4 is 0 Å². The van der Waals surface area contributed by atoms with Gasteiger partial charge >= 0.3 is 0 Å². The lowest BCUT2D eigenvalue weighted by atomic mass is 9.81. The smallest absolute Gasteiger partial charge is 0.0588 e. The van der Waals surface area contributed by atoms with E-state index in [1.165, 1.54) is 24.8 Å². The van der Waals surface area contributed by atoms with Gasteiger partial charge in [0, 0.05) is 19.2 Å². The second kappa shape index (κ2) is 5.64. The van der Waals surface area contributed by atoms with Crippen molar-refractivity contribution in [3.63, 3.8) is 0 Å². The molecule has 1 saturated heterocycles. The summed E-state index contributed by atoms with van der Waals surface area (Å²) in [7, 11) is 0. The highest BCUT2D eigenvalue weighted by molar-refractivity contribution is 5.34. The molecule has 0 aromatic heterocycles. The first-order valence-electron chi connectivity index (χ1n) is 7.69. The van der Waals surface area contributed by atoms with Crippen LogP contribution in [0, 0.1) is 5.92 Å². The van der Waals surface area contributed by atoms with Crippen molar-refractivity contribution in [2.45, 2.75) is 51.2 Å². The Hall–Kier alpha value is -0.860. The molecule has 1 aliphatic heterocycles. The van der Waals surface area contributed by atoms with Gasteiger partial charge in [-0.2, -0.15) is 0 Å². The molecule has 1 fully saturated rings. The molecule has 2 heteroatoms. The maximum Gasteiger partial charge on any atom is 0.0588 e. The Bertz CT molecular complexity index is 431. The van der Waals surface area contributed by atoms with E-state index in [1.54, 1.807) is 5.56 Å². The molecule has 3 rings (SSSR count). The lowest BCUT2D eigenvalue weighted by Gasteiger charge is -2.31. The topological polar surface area (TPSA) is 21.3 Å². The molecular formula is C17H25NO. The van der Waals surface area contributed by atoms with Gasteiger partial charge in [0.15, 0.2) is 0 Å². The molecule has 0 amide bonds. The molecule has 0 saturated carbocycles. The van der Waals surface area contributed by atoms with E-state index in [0.717, 1.165) is 13.2 Å². The van der Waals surface area contributed by atoms with Crippen LogP contribution in [0.3, 0.4) is 0 Å². The first-order valence-corrected chi connectivity index (χ1v) is 7.69. The summed E-state index contributed by atoms with van der Waals surface area (Å²) < 4.78 is 5.65. The molecule has 19 heavy (non-hydrogen) atoms. The Balaban J connectivity index is 1.67. The van der Waals surface area contributed by atoms with E-state index in [4.69, 9.17) is 4.74 Å². The summed E-state index contributed by atoms with van der Waals surface area (Å²) >= 11 is 0. The highest BCUT2D eigenvalue weighted by atomic mass is 16.5. The second-order valence-corrected chi connectivity index (χ2v) is 6.19. The number of nitrogens with one attached hydrogen (secondary N) is 1. The molecule has 0 spiro atoms. The molecule has 4 atom stereocenters. The summed E-state index contributed by atoms with van der Waals surface area (Å²) in [5.41, 5.74) is 3.06. The first-order chi connectivity index (χ1) is 9.25. The van der Waals surface area contributed by atoms with Crippen LogP contribution in [-0.2, 0) is 4.74 Å². The Morgan fingerprint density at radius 1 is 1.11 bits per heavy atom. The fourth-order valence-electron chi connectivity index (χ4n) is 3.55. The van der Waals surface area contributed by atoms with Gasteiger partial charge in [0.05, 0.1) is 6.10 Å². The normalized spacial score (nSPS) is 34.2. The number of fused-ring (bicyclic) bond motifs is 1. The fraction of sp³-hybridized carbons (Fsp3) is 0.647. The number of benzene rings is 1. The molecule has 1 aliphatic carbocycles. The summed E-state index contributed by atoms with van der Waals surface area (Å²) in [4.78, 5) is 0. The van der Waals surface area contributed by atoms with Crippen LogP contribution in [0.15, 0.2) is 24.3 Å². The molecule has 2 aliphatic rings. The number of hydrogen-bond acceptors (Lipinski definition) is 2. The van der Waals surface area contributed by atoms with E-state index >= 15 is 0 Å². The minimum Gasteiger partial charge on any atom is -0.378 e. The largest absolute Gasteiger partial charge is 0.378 e. The Morgan fingerprint density at radius 3 is 2.63 bits per heavy atom. The third-order valence-corrected chi connectivity index (χ3v) is 4.95. The van der Waals surface area contributed by atoms with E-state index < -0.39 is 0 Å². The number of hydrogen-bond donors (Lipinski definition) is 1. The highest BCUT2D eigenvalue weighted by Gasteiger charge is 2.27. The van der Waals surface area contributed by atoms with Gasteiger partial charge < -0.3 is 10.1 Å². The van der Waals surface area contributed by atoms with Gasteiger partial charge in [-0.05, 0) is 49.1 Å². The quantitative estimate of drug-likeness (QED) is 0.895. The minimum atomic E-state index is 0.422. The Morgan fingerprint density at radius 2 is 1.89 bits per heavy atom. The average Bonchev–Trinajstić information content (AvgIpc) is 2.84. The Kier molecular flexibility index (Phi) is 3.90. The molecule has 1 heterocycles. The average molecular weight is 259 g/mol. The summed E-state index contributed by atoms with van der Waals surface area (Å²) in [6, 6.07) is 9.49. The van der Waals surface area contributed by atoms with E-state index in [9.17, 15) is 0 Å². The Labute approximate surface area is 116 Å². The number of ether oxygens (including phenoxy) is 1. The monoisotopic (exact) mass is 259 g/mol. The van der Waals surface area contributed by atoms with Crippen LogP contribution in [0.5, 0.6) is 0 Å². The fourth-order valence-corrected chi connectivity index (χ4v) is 3.55. The standard InChI is InChI=1S/C17H25NO/c1-12-7-8-17(16-6-4-3-5-15(12)16)18-11-14-9-10-19-13(14)2/h3-6,12-14,17-18H,7-11H2,1-2H3. The predicted octanol–water partition coefficient (Wildman–Crippen LogP) is 3.64. The molecule has 104 valence electrons. The third-order valence-electron chi connectivity index (χ3n) is 4.95. The van der Waals surface area contributed by atoms with E-state index in [0.29, 0.717) is 24.0 Å². The summed E-state index contributed by atoms with van der Waals surface area (Å²) in [5, 5.41) is 3.79. The molecule has 4 unspecified atom stereocenters. The van der Waals surface area contributed by atoms with Crippen molar-refractivity contribution in [1.29, 1.82) is 0 Å². The van der Waals surface area contributed by atoms with Crippen molar-refractivity contribution in [1.82, 2.24) is 5.32 Å². The van der Waals surface area contributed by atoms with Crippen molar-refractivity contribution in [3.8, 4) is 0 Å².